The van der Waals surface area contributed by atoms with E-state index in [1.165, 1.54) is 5.56 Å². The average Bonchev–Trinajstić information content (AvgIpc) is 3.15. The lowest BCUT2D eigenvalue weighted by Crippen LogP contribution is -2.28. The predicted octanol–water partition coefficient (Wildman–Crippen LogP) is 3.49. The van der Waals surface area contributed by atoms with Gasteiger partial charge in [0.1, 0.15) is 12.4 Å². The predicted molar refractivity (Wildman–Crippen MR) is 97.5 cm³/mol. The van der Waals surface area contributed by atoms with E-state index >= 15 is 0 Å². The van der Waals surface area contributed by atoms with E-state index in [4.69, 9.17) is 9.47 Å². The number of benzene rings is 2. The van der Waals surface area contributed by atoms with Gasteiger partial charge >= 0.3 is 0 Å². The molecule has 4 heteroatoms. The molecule has 3 rings (SSSR count). The van der Waals surface area contributed by atoms with E-state index in [9.17, 15) is 4.79 Å². The molecule has 1 heterocycles. The number of nitrogens with one attached hydrogen (secondary N) is 1. The smallest absolute Gasteiger partial charge is 0.222 e. The summed E-state index contributed by atoms with van der Waals surface area (Å²) in [4.78, 5) is 11.9. The van der Waals surface area contributed by atoms with E-state index in [1.54, 1.807) is 0 Å². The minimum absolute atomic E-state index is 0.0784. The first-order valence-electron chi connectivity index (χ1n) is 8.93. The normalized spacial score (nSPS) is 16.6. The molecule has 0 radical (unpaired) electrons. The maximum Gasteiger partial charge on any atom is 0.222 e. The van der Waals surface area contributed by atoms with E-state index in [0.717, 1.165) is 37.2 Å². The first-order valence-corrected chi connectivity index (χ1v) is 8.93. The van der Waals surface area contributed by atoms with Gasteiger partial charge in [0.2, 0.25) is 5.91 Å². The molecule has 1 amide bonds. The van der Waals surface area contributed by atoms with Crippen LogP contribution in [0, 0.1) is 0 Å². The summed E-state index contributed by atoms with van der Waals surface area (Å²) in [6, 6.07) is 18.2. The van der Waals surface area contributed by atoms with Gasteiger partial charge in [0.15, 0.2) is 0 Å². The van der Waals surface area contributed by atoms with Crippen LogP contribution < -0.4 is 10.1 Å². The molecule has 0 bridgehead atoms. The summed E-state index contributed by atoms with van der Waals surface area (Å²) >= 11 is 0. The van der Waals surface area contributed by atoms with Crippen molar-refractivity contribution in [3.63, 3.8) is 0 Å². The number of rotatable bonds is 8. The first-order chi connectivity index (χ1) is 12.3. The summed E-state index contributed by atoms with van der Waals surface area (Å²) in [7, 11) is 0. The SMILES string of the molecule is O=C(CC1CCCO1)NCCc1ccc(OCc2ccccc2)cc1. The highest BCUT2D eigenvalue weighted by atomic mass is 16.5. The molecule has 1 fully saturated rings. The summed E-state index contributed by atoms with van der Waals surface area (Å²) in [6.45, 7) is 2.01. The van der Waals surface area contributed by atoms with Gasteiger partial charge in [-0.15, -0.1) is 0 Å². The second-order valence-electron chi connectivity index (χ2n) is 6.36. The van der Waals surface area contributed by atoms with Gasteiger partial charge in [0.25, 0.3) is 0 Å². The molecular weight excluding hydrogens is 314 g/mol. The Bertz CT molecular complexity index is 649. The van der Waals surface area contributed by atoms with Gasteiger partial charge in [-0.2, -0.15) is 0 Å². The second-order valence-corrected chi connectivity index (χ2v) is 6.36. The Morgan fingerprint density at radius 2 is 1.88 bits per heavy atom. The van der Waals surface area contributed by atoms with Crippen LogP contribution in [-0.2, 0) is 22.6 Å². The Labute approximate surface area is 149 Å². The molecule has 2 aromatic rings. The van der Waals surface area contributed by atoms with Crippen LogP contribution in [0.1, 0.15) is 30.4 Å². The van der Waals surface area contributed by atoms with Crippen molar-refractivity contribution in [3.8, 4) is 5.75 Å². The van der Waals surface area contributed by atoms with Gasteiger partial charge in [0, 0.05) is 13.2 Å². The number of carbonyl (C=O) groups excluding carboxylic acids is 1. The van der Waals surface area contributed by atoms with Gasteiger partial charge in [0.05, 0.1) is 12.5 Å². The third kappa shape index (κ3) is 5.91. The Morgan fingerprint density at radius 3 is 2.60 bits per heavy atom. The third-order valence-corrected chi connectivity index (χ3v) is 4.34. The van der Waals surface area contributed by atoms with E-state index in [-0.39, 0.29) is 12.0 Å². The maximum absolute atomic E-state index is 11.9. The minimum Gasteiger partial charge on any atom is -0.489 e. The van der Waals surface area contributed by atoms with Crippen molar-refractivity contribution in [1.82, 2.24) is 5.32 Å². The fourth-order valence-corrected chi connectivity index (χ4v) is 2.92. The average molecular weight is 339 g/mol. The monoisotopic (exact) mass is 339 g/mol. The molecule has 0 saturated carbocycles. The summed E-state index contributed by atoms with van der Waals surface area (Å²) in [5, 5.41) is 2.97. The van der Waals surface area contributed by atoms with Gasteiger partial charge < -0.3 is 14.8 Å². The summed E-state index contributed by atoms with van der Waals surface area (Å²) < 4.78 is 11.3. The zero-order chi connectivity index (χ0) is 17.3. The number of amides is 1. The third-order valence-electron chi connectivity index (χ3n) is 4.34. The van der Waals surface area contributed by atoms with Crippen LogP contribution >= 0.6 is 0 Å². The van der Waals surface area contributed by atoms with Crippen LogP contribution in [0.4, 0.5) is 0 Å². The molecule has 1 atom stereocenters. The van der Waals surface area contributed by atoms with Crippen molar-refractivity contribution in [3.05, 3.63) is 65.7 Å². The molecule has 132 valence electrons. The standard InChI is InChI=1S/C21H25NO3/c23-21(15-20-7-4-14-24-20)22-13-12-17-8-10-19(11-9-17)25-16-18-5-2-1-3-6-18/h1-3,5-6,8-11,20H,4,7,12-16H2,(H,22,23). The highest BCUT2D eigenvalue weighted by molar-refractivity contribution is 5.76. The topological polar surface area (TPSA) is 47.6 Å². The van der Waals surface area contributed by atoms with Crippen molar-refractivity contribution >= 4 is 5.91 Å². The minimum atomic E-state index is 0.0784. The van der Waals surface area contributed by atoms with Gasteiger partial charge in [-0.05, 0) is 42.5 Å². The van der Waals surface area contributed by atoms with Crippen molar-refractivity contribution in [2.24, 2.45) is 0 Å². The molecule has 0 aliphatic carbocycles. The lowest BCUT2D eigenvalue weighted by atomic mass is 10.1. The van der Waals surface area contributed by atoms with Gasteiger partial charge in [-0.3, -0.25) is 4.79 Å². The van der Waals surface area contributed by atoms with Crippen molar-refractivity contribution in [2.75, 3.05) is 13.2 Å². The Balaban J connectivity index is 1.36. The quantitative estimate of drug-likeness (QED) is 0.801. The molecular formula is C21H25NO3. The van der Waals surface area contributed by atoms with Crippen LogP contribution in [0.2, 0.25) is 0 Å². The van der Waals surface area contributed by atoms with Crippen molar-refractivity contribution in [1.29, 1.82) is 0 Å². The zero-order valence-electron chi connectivity index (χ0n) is 14.4. The highest BCUT2D eigenvalue weighted by Crippen LogP contribution is 2.16. The maximum atomic E-state index is 11.9. The molecule has 1 saturated heterocycles. The van der Waals surface area contributed by atoms with Crippen LogP contribution in [0.3, 0.4) is 0 Å². The zero-order valence-corrected chi connectivity index (χ0v) is 14.4. The molecule has 0 spiro atoms. The number of ether oxygens (including phenoxy) is 2. The largest absolute Gasteiger partial charge is 0.489 e. The van der Waals surface area contributed by atoms with Crippen LogP contribution in [0.5, 0.6) is 5.75 Å². The van der Waals surface area contributed by atoms with Crippen molar-refractivity contribution < 1.29 is 14.3 Å². The number of hydrogen-bond donors (Lipinski definition) is 1. The highest BCUT2D eigenvalue weighted by Gasteiger charge is 2.18. The van der Waals surface area contributed by atoms with Crippen molar-refractivity contribution in [2.45, 2.75) is 38.4 Å². The molecule has 1 N–H and O–H groups in total. The summed E-state index contributed by atoms with van der Waals surface area (Å²) in [5.41, 5.74) is 2.34. The Kier molecular flexibility index (Phi) is 6.46. The Hall–Kier alpha value is -2.33. The van der Waals surface area contributed by atoms with Crippen LogP contribution in [0.25, 0.3) is 0 Å². The van der Waals surface area contributed by atoms with E-state index in [0.29, 0.717) is 19.6 Å². The van der Waals surface area contributed by atoms with E-state index in [1.807, 2.05) is 54.6 Å². The number of hydrogen-bond acceptors (Lipinski definition) is 3. The number of carbonyl (C=O) groups is 1. The van der Waals surface area contributed by atoms with E-state index < -0.39 is 0 Å². The molecule has 1 aliphatic heterocycles. The van der Waals surface area contributed by atoms with Crippen LogP contribution in [-0.4, -0.2) is 25.2 Å². The lowest BCUT2D eigenvalue weighted by Gasteiger charge is -2.10. The fourth-order valence-electron chi connectivity index (χ4n) is 2.92. The molecule has 1 unspecified atom stereocenters. The van der Waals surface area contributed by atoms with Gasteiger partial charge in [-0.25, -0.2) is 0 Å². The first kappa shape index (κ1) is 17.5. The molecule has 25 heavy (non-hydrogen) atoms. The summed E-state index contributed by atoms with van der Waals surface area (Å²) in [5.74, 6) is 0.935. The molecule has 4 nitrogen and oxygen atoms in total. The lowest BCUT2D eigenvalue weighted by molar-refractivity contribution is -0.123. The second kappa shape index (κ2) is 9.23. The van der Waals surface area contributed by atoms with Gasteiger partial charge in [-0.1, -0.05) is 42.5 Å². The Morgan fingerprint density at radius 1 is 1.08 bits per heavy atom. The molecule has 2 aromatic carbocycles. The molecule has 1 aliphatic rings. The fraction of sp³-hybridized carbons (Fsp3) is 0.381. The summed E-state index contributed by atoms with van der Waals surface area (Å²) in [6.07, 6.45) is 3.47. The van der Waals surface area contributed by atoms with E-state index in [2.05, 4.69) is 5.32 Å². The van der Waals surface area contributed by atoms with Crippen LogP contribution in [0.15, 0.2) is 54.6 Å². The molecule has 0 aromatic heterocycles.